The molecule has 1 aromatic heterocycles. The molecule has 0 radical (unpaired) electrons. The van der Waals surface area contributed by atoms with E-state index in [0.717, 1.165) is 0 Å². The predicted molar refractivity (Wildman–Crippen MR) is 55.6 cm³/mol. The Hall–Kier alpha value is -1.17. The number of carbonyl (C=O) groups is 1. The number of nitrogens with zero attached hydrogens (tertiary/aromatic N) is 2. The molecule has 6 heteroatoms. The van der Waals surface area contributed by atoms with Crippen LogP contribution in [0.4, 0.5) is 0 Å². The van der Waals surface area contributed by atoms with E-state index in [4.69, 9.17) is 16.3 Å². The Labute approximate surface area is 92.4 Å². The zero-order chi connectivity index (χ0) is 11.6. The summed E-state index contributed by atoms with van der Waals surface area (Å²) >= 11 is 5.69. The molecule has 5 nitrogen and oxygen atoms in total. The fraction of sp³-hybridized carbons (Fsp3) is 0.333. The summed E-state index contributed by atoms with van der Waals surface area (Å²) in [6.45, 7) is 0. The van der Waals surface area contributed by atoms with Gasteiger partial charge in [-0.15, -0.1) is 0 Å². The van der Waals surface area contributed by atoms with E-state index in [0.29, 0.717) is 0 Å². The predicted octanol–water partition coefficient (Wildman–Crippen LogP) is 1.46. The summed E-state index contributed by atoms with van der Waals surface area (Å²) in [4.78, 5) is 15.5. The van der Waals surface area contributed by atoms with Gasteiger partial charge in [-0.3, -0.25) is 4.65 Å². The molecule has 0 aliphatic rings. The quantitative estimate of drug-likeness (QED) is 0.570. The van der Waals surface area contributed by atoms with Crippen LogP contribution in [0.25, 0.3) is 0 Å². The Morgan fingerprint density at radius 3 is 2.67 bits per heavy atom. The average molecular weight is 231 g/mol. The van der Waals surface area contributed by atoms with Crippen LogP contribution >= 0.6 is 11.6 Å². The molecule has 0 saturated carbocycles. The van der Waals surface area contributed by atoms with Crippen molar-refractivity contribution in [2.75, 3.05) is 21.2 Å². The molecule has 15 heavy (non-hydrogen) atoms. The molecule has 0 fully saturated rings. The van der Waals surface area contributed by atoms with Gasteiger partial charge in [0.05, 0.1) is 26.2 Å². The summed E-state index contributed by atoms with van der Waals surface area (Å²) < 4.78 is 3.79. The summed E-state index contributed by atoms with van der Waals surface area (Å²) in [5.41, 5.74) is 0.0880. The van der Waals surface area contributed by atoms with Gasteiger partial charge < -0.3 is 9.94 Å². The number of hydrogen-bond donors (Lipinski definition) is 0. The van der Waals surface area contributed by atoms with Gasteiger partial charge in [-0.25, -0.2) is 9.78 Å². The number of quaternary nitrogens is 1. The highest BCUT2D eigenvalue weighted by molar-refractivity contribution is 6.30. The number of pyridine rings is 1. The molecule has 0 aliphatic heterocycles. The number of ether oxygens (including phenoxy) is 1. The van der Waals surface area contributed by atoms with Crippen molar-refractivity contribution < 1.29 is 14.2 Å². The van der Waals surface area contributed by atoms with Crippen LogP contribution in [0.3, 0.4) is 0 Å². The number of aromatic nitrogens is 1. The molecule has 1 heterocycles. The number of methoxy groups -OCH3 is 1. The minimum absolute atomic E-state index is 0.0880. The van der Waals surface area contributed by atoms with Gasteiger partial charge in [-0.2, -0.15) is 0 Å². The molecule has 0 aromatic carbocycles. The number of carbonyl (C=O) groups excluding carboxylic acids is 1. The minimum atomic E-state index is -1.08. The monoisotopic (exact) mass is 230 g/mol. The van der Waals surface area contributed by atoms with Crippen LogP contribution in [-0.2, 0) is 0 Å². The molecule has 0 bridgehead atoms. The molecular weight excluding hydrogens is 220 g/mol. The average Bonchev–Trinajstić information content (AvgIpc) is 2.15. The van der Waals surface area contributed by atoms with Crippen molar-refractivity contribution in [1.29, 1.82) is 0 Å². The second kappa shape index (κ2) is 4.14. The minimum Gasteiger partial charge on any atom is -0.625 e. The van der Waals surface area contributed by atoms with Gasteiger partial charge in [0.2, 0.25) is 5.88 Å². The molecule has 0 atom stereocenters. The van der Waals surface area contributed by atoms with Crippen LogP contribution in [-0.4, -0.2) is 36.7 Å². The maximum Gasteiger partial charge on any atom is 0.351 e. The normalized spacial score (nSPS) is 11.3. The van der Waals surface area contributed by atoms with Crippen LogP contribution in [0, 0.1) is 5.21 Å². The first kappa shape index (κ1) is 11.9. The molecule has 0 unspecified atom stereocenters. The fourth-order valence-corrected chi connectivity index (χ4v) is 1.19. The molecule has 1 rings (SSSR count). The van der Waals surface area contributed by atoms with Crippen molar-refractivity contribution >= 4 is 17.5 Å². The second-order valence-electron chi connectivity index (χ2n) is 3.37. The van der Waals surface area contributed by atoms with E-state index in [-0.39, 0.29) is 16.5 Å². The number of rotatable bonds is 2. The standard InChI is InChI=1S/C9H11ClN2O3/c1-12(2,14)9(13)7-4-6(10)5-11-8(7)15-3/h4-5H,1-3H3. The lowest BCUT2D eigenvalue weighted by Crippen LogP contribution is -2.39. The number of amides is 1. The summed E-state index contributed by atoms with van der Waals surface area (Å²) in [5, 5.41) is 11.7. The molecule has 1 amide bonds. The summed E-state index contributed by atoms with van der Waals surface area (Å²) in [5.74, 6) is -0.548. The van der Waals surface area contributed by atoms with Gasteiger partial charge in [0, 0.05) is 6.20 Å². The molecular formula is C9H11ClN2O3. The van der Waals surface area contributed by atoms with E-state index in [2.05, 4.69) is 4.98 Å². The first-order valence-electron chi connectivity index (χ1n) is 4.15. The molecule has 82 valence electrons. The topological polar surface area (TPSA) is 62.2 Å². The van der Waals surface area contributed by atoms with E-state index in [1.54, 1.807) is 0 Å². The number of halogens is 1. The van der Waals surface area contributed by atoms with Crippen molar-refractivity contribution in [1.82, 2.24) is 4.98 Å². The SMILES string of the molecule is COc1ncc(Cl)cc1C(=O)[N+](C)(C)[O-]. The Morgan fingerprint density at radius 2 is 2.20 bits per heavy atom. The van der Waals surface area contributed by atoms with Crippen molar-refractivity contribution in [2.24, 2.45) is 0 Å². The van der Waals surface area contributed by atoms with Crippen LogP contribution in [0.1, 0.15) is 10.4 Å². The van der Waals surface area contributed by atoms with E-state index in [1.165, 1.54) is 33.5 Å². The Morgan fingerprint density at radius 1 is 1.60 bits per heavy atom. The summed E-state index contributed by atoms with van der Waals surface area (Å²) in [6, 6.07) is 1.37. The third-order valence-corrected chi connectivity index (χ3v) is 1.94. The third-order valence-electron chi connectivity index (χ3n) is 1.73. The van der Waals surface area contributed by atoms with Crippen molar-refractivity contribution in [3.8, 4) is 5.88 Å². The van der Waals surface area contributed by atoms with Crippen LogP contribution < -0.4 is 4.74 Å². The van der Waals surface area contributed by atoms with E-state index < -0.39 is 10.6 Å². The van der Waals surface area contributed by atoms with Crippen LogP contribution in [0.2, 0.25) is 5.02 Å². The largest absolute Gasteiger partial charge is 0.625 e. The first-order chi connectivity index (χ1) is 6.86. The van der Waals surface area contributed by atoms with Crippen molar-refractivity contribution in [3.63, 3.8) is 0 Å². The van der Waals surface area contributed by atoms with Gasteiger partial charge in [0.1, 0.15) is 5.56 Å². The van der Waals surface area contributed by atoms with Crippen LogP contribution in [0.5, 0.6) is 5.88 Å². The lowest BCUT2D eigenvalue weighted by Gasteiger charge is -2.30. The van der Waals surface area contributed by atoms with E-state index in [1.807, 2.05) is 0 Å². The van der Waals surface area contributed by atoms with Gasteiger partial charge in [0.25, 0.3) is 0 Å². The van der Waals surface area contributed by atoms with Crippen LogP contribution in [0.15, 0.2) is 12.3 Å². The second-order valence-corrected chi connectivity index (χ2v) is 3.80. The molecule has 1 aromatic rings. The summed E-state index contributed by atoms with van der Waals surface area (Å²) in [6.07, 6.45) is 1.35. The molecule has 0 spiro atoms. The Bertz CT molecular complexity index is 387. The van der Waals surface area contributed by atoms with E-state index >= 15 is 0 Å². The van der Waals surface area contributed by atoms with Gasteiger partial charge in [-0.1, -0.05) is 11.6 Å². The molecule has 0 saturated heterocycles. The van der Waals surface area contributed by atoms with Crippen molar-refractivity contribution in [3.05, 3.63) is 28.1 Å². The number of hydrogen-bond acceptors (Lipinski definition) is 4. The zero-order valence-electron chi connectivity index (χ0n) is 8.65. The van der Waals surface area contributed by atoms with Gasteiger partial charge in [-0.05, 0) is 6.07 Å². The first-order valence-corrected chi connectivity index (χ1v) is 4.53. The highest BCUT2D eigenvalue weighted by atomic mass is 35.5. The molecule has 0 N–H and O–H groups in total. The van der Waals surface area contributed by atoms with E-state index in [9.17, 15) is 10.0 Å². The summed E-state index contributed by atoms with van der Waals surface area (Å²) in [7, 11) is 3.82. The Balaban J connectivity index is 3.23. The highest BCUT2D eigenvalue weighted by Crippen LogP contribution is 2.21. The number of hydroxylamine groups is 3. The van der Waals surface area contributed by atoms with Gasteiger partial charge >= 0.3 is 5.91 Å². The zero-order valence-corrected chi connectivity index (χ0v) is 9.41. The fourth-order valence-electron chi connectivity index (χ4n) is 1.03. The highest BCUT2D eigenvalue weighted by Gasteiger charge is 2.24. The maximum absolute atomic E-state index is 11.7. The van der Waals surface area contributed by atoms with Crippen molar-refractivity contribution in [2.45, 2.75) is 0 Å². The third kappa shape index (κ3) is 2.65. The van der Waals surface area contributed by atoms with Gasteiger partial charge in [0.15, 0.2) is 0 Å². The smallest absolute Gasteiger partial charge is 0.351 e. The molecule has 0 aliphatic carbocycles. The maximum atomic E-state index is 11.7. The lowest BCUT2D eigenvalue weighted by atomic mass is 10.2. The Kier molecular flexibility index (Phi) is 3.28. The lowest BCUT2D eigenvalue weighted by molar-refractivity contribution is -0.752.